The molecule has 2 heterocycles. The van der Waals surface area contributed by atoms with Crippen molar-refractivity contribution in [1.29, 1.82) is 0 Å². The molecule has 0 spiro atoms. The van der Waals surface area contributed by atoms with Gasteiger partial charge in [0.1, 0.15) is 0 Å². The van der Waals surface area contributed by atoms with Gasteiger partial charge in [-0.25, -0.2) is 4.98 Å². The zero-order valence-corrected chi connectivity index (χ0v) is 12.2. The zero-order valence-electron chi connectivity index (χ0n) is 11.4. The van der Waals surface area contributed by atoms with Crippen molar-refractivity contribution in [2.75, 3.05) is 0 Å². The Bertz CT molecular complexity index is 903. The molecule has 0 amide bonds. The van der Waals surface area contributed by atoms with Gasteiger partial charge in [0.15, 0.2) is 5.82 Å². The average Bonchev–Trinajstić information content (AvgIpc) is 2.86. The third-order valence-corrected chi connectivity index (χ3v) is 3.60. The van der Waals surface area contributed by atoms with Gasteiger partial charge in [0.05, 0.1) is 22.3 Å². The van der Waals surface area contributed by atoms with Gasteiger partial charge in [-0.05, 0) is 12.1 Å². The molecule has 0 saturated heterocycles. The standard InChI is InChI=1S/C15H9ClF3N3O/c16-12-5-10(15(17,18)19)7-20-14(12)22-8-9(6-21-23)11-3-1-2-4-13(11)22/h1-8,23H/b21-6-. The van der Waals surface area contributed by atoms with Crippen LogP contribution in [-0.2, 0) is 6.18 Å². The number of pyridine rings is 1. The number of nitrogens with zero attached hydrogens (tertiary/aromatic N) is 3. The normalized spacial score (nSPS) is 12.3. The second-order valence-corrected chi connectivity index (χ2v) is 5.15. The molecular weight excluding hydrogens is 331 g/mol. The zero-order chi connectivity index (χ0) is 16.6. The fourth-order valence-electron chi connectivity index (χ4n) is 2.31. The molecule has 2 aromatic heterocycles. The first-order valence-electron chi connectivity index (χ1n) is 6.42. The van der Waals surface area contributed by atoms with E-state index in [1.807, 2.05) is 0 Å². The second-order valence-electron chi connectivity index (χ2n) is 4.74. The van der Waals surface area contributed by atoms with Crippen LogP contribution < -0.4 is 0 Å². The Balaban J connectivity index is 2.21. The highest BCUT2D eigenvalue weighted by atomic mass is 35.5. The largest absolute Gasteiger partial charge is 0.417 e. The van der Waals surface area contributed by atoms with E-state index in [2.05, 4.69) is 10.1 Å². The molecule has 118 valence electrons. The number of oxime groups is 1. The summed E-state index contributed by atoms with van der Waals surface area (Å²) in [5.41, 5.74) is 0.345. The summed E-state index contributed by atoms with van der Waals surface area (Å²) >= 11 is 5.99. The Morgan fingerprint density at radius 2 is 2.00 bits per heavy atom. The van der Waals surface area contributed by atoms with Crippen molar-refractivity contribution in [3.05, 3.63) is 58.9 Å². The van der Waals surface area contributed by atoms with Gasteiger partial charge in [0.25, 0.3) is 0 Å². The lowest BCUT2D eigenvalue weighted by Gasteiger charge is -2.10. The maximum atomic E-state index is 12.7. The van der Waals surface area contributed by atoms with E-state index < -0.39 is 11.7 Å². The first-order valence-corrected chi connectivity index (χ1v) is 6.80. The Morgan fingerprint density at radius 1 is 1.26 bits per heavy atom. The Kier molecular flexibility index (Phi) is 3.73. The van der Waals surface area contributed by atoms with Crippen molar-refractivity contribution in [2.45, 2.75) is 6.18 Å². The van der Waals surface area contributed by atoms with Crippen LogP contribution in [0.25, 0.3) is 16.7 Å². The van der Waals surface area contributed by atoms with E-state index in [-0.39, 0.29) is 10.8 Å². The number of rotatable bonds is 2. The number of hydrogen-bond donors (Lipinski definition) is 1. The van der Waals surface area contributed by atoms with Crippen molar-refractivity contribution in [2.24, 2.45) is 5.16 Å². The molecule has 0 fully saturated rings. The number of halogens is 4. The maximum absolute atomic E-state index is 12.7. The van der Waals surface area contributed by atoms with Gasteiger partial charge in [0.2, 0.25) is 0 Å². The van der Waals surface area contributed by atoms with Gasteiger partial charge in [0, 0.05) is 23.3 Å². The quantitative estimate of drug-likeness (QED) is 0.424. The summed E-state index contributed by atoms with van der Waals surface area (Å²) in [4.78, 5) is 3.84. The average molecular weight is 340 g/mol. The summed E-state index contributed by atoms with van der Waals surface area (Å²) in [7, 11) is 0. The molecule has 0 bridgehead atoms. The van der Waals surface area contributed by atoms with Crippen molar-refractivity contribution < 1.29 is 18.4 Å². The van der Waals surface area contributed by atoms with Crippen LogP contribution >= 0.6 is 11.6 Å². The highest BCUT2D eigenvalue weighted by Crippen LogP contribution is 2.33. The van der Waals surface area contributed by atoms with Crippen molar-refractivity contribution in [3.8, 4) is 5.82 Å². The summed E-state index contributed by atoms with van der Waals surface area (Å²) in [6, 6.07) is 7.96. The summed E-state index contributed by atoms with van der Waals surface area (Å²) in [6.07, 6.45) is -0.957. The number of hydrogen-bond acceptors (Lipinski definition) is 3. The summed E-state index contributed by atoms with van der Waals surface area (Å²) < 4.78 is 39.7. The van der Waals surface area contributed by atoms with Crippen LogP contribution in [0.1, 0.15) is 11.1 Å². The Morgan fingerprint density at radius 3 is 2.65 bits per heavy atom. The molecule has 0 atom stereocenters. The molecule has 3 aromatic rings. The van der Waals surface area contributed by atoms with Crippen molar-refractivity contribution in [1.82, 2.24) is 9.55 Å². The van der Waals surface area contributed by atoms with Gasteiger partial charge < -0.3 is 5.21 Å². The lowest BCUT2D eigenvalue weighted by molar-refractivity contribution is -0.137. The highest BCUT2D eigenvalue weighted by molar-refractivity contribution is 6.32. The maximum Gasteiger partial charge on any atom is 0.417 e. The van der Waals surface area contributed by atoms with E-state index in [9.17, 15) is 13.2 Å². The lowest BCUT2D eigenvalue weighted by atomic mass is 10.2. The number of alkyl halides is 3. The summed E-state index contributed by atoms with van der Waals surface area (Å²) in [5.74, 6) is 0.161. The minimum atomic E-state index is -4.51. The number of para-hydroxylation sites is 1. The van der Waals surface area contributed by atoms with Crippen LogP contribution in [0.5, 0.6) is 0 Å². The molecule has 0 radical (unpaired) electrons. The molecule has 0 aliphatic rings. The second kappa shape index (κ2) is 5.58. The third kappa shape index (κ3) is 2.75. The summed E-state index contributed by atoms with van der Waals surface area (Å²) in [6.45, 7) is 0. The van der Waals surface area contributed by atoms with Crippen LogP contribution in [0.3, 0.4) is 0 Å². The molecule has 0 unspecified atom stereocenters. The summed E-state index contributed by atoms with van der Waals surface area (Å²) in [5, 5.41) is 12.3. The molecular formula is C15H9ClF3N3O. The van der Waals surface area contributed by atoms with Gasteiger partial charge >= 0.3 is 6.18 Å². The van der Waals surface area contributed by atoms with Gasteiger partial charge in [-0.3, -0.25) is 4.57 Å². The topological polar surface area (TPSA) is 50.4 Å². The predicted octanol–water partition coefficient (Wildman–Crippen LogP) is 4.51. The van der Waals surface area contributed by atoms with E-state index in [1.165, 1.54) is 6.21 Å². The van der Waals surface area contributed by atoms with Crippen LogP contribution in [0.2, 0.25) is 5.02 Å². The molecule has 4 nitrogen and oxygen atoms in total. The monoisotopic (exact) mass is 339 g/mol. The molecule has 0 aliphatic carbocycles. The number of aromatic nitrogens is 2. The third-order valence-electron chi connectivity index (χ3n) is 3.32. The van der Waals surface area contributed by atoms with E-state index in [4.69, 9.17) is 16.8 Å². The lowest BCUT2D eigenvalue weighted by Crippen LogP contribution is -2.07. The highest BCUT2D eigenvalue weighted by Gasteiger charge is 2.31. The van der Waals surface area contributed by atoms with E-state index in [0.29, 0.717) is 11.1 Å². The van der Waals surface area contributed by atoms with Crippen LogP contribution in [-0.4, -0.2) is 21.0 Å². The molecule has 8 heteroatoms. The molecule has 1 N–H and O–H groups in total. The Hall–Kier alpha value is -2.54. The van der Waals surface area contributed by atoms with Gasteiger partial charge in [-0.1, -0.05) is 35.0 Å². The number of benzene rings is 1. The number of fused-ring (bicyclic) bond motifs is 1. The van der Waals surface area contributed by atoms with E-state index >= 15 is 0 Å². The van der Waals surface area contributed by atoms with Gasteiger partial charge in [-0.15, -0.1) is 0 Å². The Labute approximate surface area is 133 Å². The van der Waals surface area contributed by atoms with Gasteiger partial charge in [-0.2, -0.15) is 13.2 Å². The SMILES string of the molecule is O/N=C\c1cn(-c2ncc(C(F)(F)F)cc2Cl)c2ccccc12. The minimum absolute atomic E-state index is 0.131. The fourth-order valence-corrected chi connectivity index (χ4v) is 2.57. The minimum Gasteiger partial charge on any atom is -0.411 e. The van der Waals surface area contributed by atoms with Crippen molar-refractivity contribution in [3.63, 3.8) is 0 Å². The fraction of sp³-hybridized carbons (Fsp3) is 0.0667. The first-order chi connectivity index (χ1) is 10.9. The van der Waals surface area contributed by atoms with Crippen LogP contribution in [0.4, 0.5) is 13.2 Å². The first kappa shape index (κ1) is 15.4. The molecule has 3 rings (SSSR count). The predicted molar refractivity (Wildman–Crippen MR) is 80.5 cm³/mol. The van der Waals surface area contributed by atoms with E-state index in [0.717, 1.165) is 17.6 Å². The van der Waals surface area contributed by atoms with Crippen LogP contribution in [0, 0.1) is 0 Å². The molecule has 0 saturated carbocycles. The molecule has 0 aliphatic heterocycles. The molecule has 1 aromatic carbocycles. The molecule has 23 heavy (non-hydrogen) atoms. The smallest absolute Gasteiger partial charge is 0.411 e. The van der Waals surface area contributed by atoms with Crippen LogP contribution in [0.15, 0.2) is 47.9 Å². The van der Waals surface area contributed by atoms with E-state index in [1.54, 1.807) is 35.0 Å². The van der Waals surface area contributed by atoms with Crippen molar-refractivity contribution >= 4 is 28.7 Å².